The van der Waals surface area contributed by atoms with Crippen LogP contribution in [0.2, 0.25) is 5.02 Å². The van der Waals surface area contributed by atoms with E-state index in [1.807, 2.05) is 0 Å². The quantitative estimate of drug-likeness (QED) is 0.719. The first-order valence-corrected chi connectivity index (χ1v) is 5.86. The molecule has 0 aliphatic rings. The molecule has 9 heteroatoms. The molecule has 1 rings (SSSR count). The highest BCUT2D eigenvalue weighted by Crippen LogP contribution is 2.13. The molecule has 78 valence electrons. The first-order valence-electron chi connectivity index (χ1n) is 3.22. The van der Waals surface area contributed by atoms with Gasteiger partial charge in [0.2, 0.25) is 21.8 Å². The number of nitrogens with zero attached hydrogens (tertiary/aromatic N) is 2. The Morgan fingerprint density at radius 2 is 1.71 bits per heavy atom. The minimum Gasteiger partial charge on any atom is -0.236 e. The first-order chi connectivity index (χ1) is 6.52. The molecule has 1 aromatic rings. The fraction of sp³-hybridized carbons (Fsp3) is 0. The summed E-state index contributed by atoms with van der Waals surface area (Å²) >= 11 is 5.49. The van der Waals surface area contributed by atoms with Crippen LogP contribution in [0.1, 0.15) is 0 Å². The highest BCUT2D eigenvalue weighted by Gasteiger charge is 2.11. The van der Waals surface area contributed by atoms with E-state index >= 15 is 0 Å². The Kier molecular flexibility index (Phi) is 3.67. The zero-order chi connectivity index (χ0) is 10.7. The Labute approximate surface area is 88.3 Å². The van der Waals surface area contributed by atoms with E-state index in [2.05, 4.69) is 4.98 Å². The summed E-state index contributed by atoms with van der Waals surface area (Å²) in [6.07, 6.45) is 1.15. The summed E-state index contributed by atoms with van der Waals surface area (Å²) in [5.74, 6) is -0.207. The molecule has 0 atom stereocenters. The van der Waals surface area contributed by atoms with Crippen molar-refractivity contribution >= 4 is 39.2 Å². The van der Waals surface area contributed by atoms with Gasteiger partial charge in [-0.25, -0.2) is 21.8 Å². The number of anilines is 1. The van der Waals surface area contributed by atoms with Crippen LogP contribution in [0.3, 0.4) is 0 Å². The van der Waals surface area contributed by atoms with Gasteiger partial charge >= 0.3 is 0 Å². The first kappa shape index (κ1) is 11.2. The lowest BCUT2D eigenvalue weighted by atomic mass is 10.5. The van der Waals surface area contributed by atoms with Crippen molar-refractivity contribution in [3.63, 3.8) is 0 Å². The molecule has 0 spiro atoms. The van der Waals surface area contributed by atoms with Crippen molar-refractivity contribution in [3.8, 4) is 0 Å². The van der Waals surface area contributed by atoms with E-state index in [9.17, 15) is 16.8 Å². The number of aromatic nitrogens is 1. The molecule has 0 aliphatic heterocycles. The number of hydrogen-bond donors (Lipinski definition) is 2. The second-order valence-corrected chi connectivity index (χ2v) is 4.60. The Balaban J connectivity index is 3.19. The van der Waals surface area contributed by atoms with Crippen molar-refractivity contribution in [1.29, 1.82) is 0 Å². The summed E-state index contributed by atoms with van der Waals surface area (Å²) in [6, 6.07) is 2.53. The molecule has 0 fully saturated rings. The topological polar surface area (TPSA) is 84.4 Å². The molecule has 0 bridgehead atoms. The maximum atomic E-state index is 10.5. The summed E-state index contributed by atoms with van der Waals surface area (Å²) in [4.78, 5) is 3.55. The monoisotopic (exact) mass is 256 g/mol. The van der Waals surface area contributed by atoms with Crippen molar-refractivity contribution in [2.24, 2.45) is 0 Å². The maximum absolute atomic E-state index is 10.5. The third kappa shape index (κ3) is 2.56. The SMILES string of the molecule is O=[SH](=O)N(c1ccc(Cl)cn1)[SH](=O)=O. The van der Waals surface area contributed by atoms with Gasteiger partial charge in [0.25, 0.3) is 0 Å². The fourth-order valence-electron chi connectivity index (χ4n) is 0.713. The Morgan fingerprint density at radius 1 is 1.14 bits per heavy atom. The van der Waals surface area contributed by atoms with E-state index in [4.69, 9.17) is 11.6 Å². The van der Waals surface area contributed by atoms with Gasteiger partial charge in [0.05, 0.1) is 5.02 Å². The molecule has 0 aliphatic carbocycles. The molecule has 0 aromatic carbocycles. The number of thiol groups is 2. The van der Waals surface area contributed by atoms with E-state index in [-0.39, 0.29) is 14.6 Å². The van der Waals surface area contributed by atoms with Crippen LogP contribution in [0, 0.1) is 0 Å². The molecule has 0 saturated heterocycles. The molecule has 0 saturated carbocycles. The van der Waals surface area contributed by atoms with Gasteiger partial charge in [0, 0.05) is 6.20 Å². The zero-order valence-electron chi connectivity index (χ0n) is 6.53. The largest absolute Gasteiger partial charge is 0.239 e. The predicted molar refractivity (Wildman–Crippen MR) is 52.4 cm³/mol. The molecule has 0 amide bonds. The van der Waals surface area contributed by atoms with Crippen LogP contribution in [0.4, 0.5) is 5.82 Å². The molecule has 6 nitrogen and oxygen atoms in total. The zero-order valence-corrected chi connectivity index (χ0v) is 9.08. The number of rotatable bonds is 3. The molecule has 0 unspecified atom stereocenters. The smallest absolute Gasteiger partial charge is 0.236 e. The van der Waals surface area contributed by atoms with Crippen molar-refractivity contribution in [2.45, 2.75) is 0 Å². The minimum absolute atomic E-state index is 0.168. The summed E-state index contributed by atoms with van der Waals surface area (Å²) in [6.45, 7) is 0. The van der Waals surface area contributed by atoms with Gasteiger partial charge in [-0.15, -0.1) is 0 Å². The van der Waals surface area contributed by atoms with E-state index in [1.54, 1.807) is 0 Å². The summed E-state index contributed by atoms with van der Waals surface area (Å²) in [5.41, 5.74) is 0. The molecule has 14 heavy (non-hydrogen) atoms. The highest BCUT2D eigenvalue weighted by molar-refractivity contribution is 7.92. The van der Waals surface area contributed by atoms with Crippen molar-refractivity contribution in [1.82, 2.24) is 4.98 Å². The van der Waals surface area contributed by atoms with E-state index in [0.717, 1.165) is 6.20 Å². The minimum atomic E-state index is -3.26. The van der Waals surface area contributed by atoms with Crippen LogP contribution in [0.15, 0.2) is 18.3 Å². The van der Waals surface area contributed by atoms with Crippen molar-refractivity contribution in [2.75, 3.05) is 3.71 Å². The second kappa shape index (κ2) is 4.58. The molecule has 0 N–H and O–H groups in total. The molecule has 1 aromatic heterocycles. The normalized spacial score (nSPS) is 10.8. The van der Waals surface area contributed by atoms with Crippen molar-refractivity contribution in [3.05, 3.63) is 23.4 Å². The van der Waals surface area contributed by atoms with E-state index in [0.29, 0.717) is 0 Å². The summed E-state index contributed by atoms with van der Waals surface area (Å²) < 4.78 is 42.3. The molecule has 1 heterocycles. The third-order valence-electron chi connectivity index (χ3n) is 1.23. The average molecular weight is 257 g/mol. The van der Waals surface area contributed by atoms with Gasteiger partial charge in [0.1, 0.15) is 0 Å². The Hall–Kier alpha value is -0.860. The number of halogens is 1. The molecular formula is C5H5ClN2O4S2. The molecule has 0 radical (unpaired) electrons. The van der Waals surface area contributed by atoms with Gasteiger partial charge in [0.15, 0.2) is 5.82 Å². The average Bonchev–Trinajstić information content (AvgIpc) is 2.07. The fourth-order valence-corrected chi connectivity index (χ4v) is 1.87. The number of hydrogen-bond acceptors (Lipinski definition) is 5. The Bertz CT molecular complexity index is 429. The predicted octanol–water partition coefficient (Wildman–Crippen LogP) is -0.406. The lowest BCUT2D eigenvalue weighted by Crippen LogP contribution is -2.19. The van der Waals surface area contributed by atoms with Crippen LogP contribution in [-0.2, 0) is 21.8 Å². The standard InChI is InChI=1S/C5H5ClN2O4S2/c6-4-1-2-5(7-3-4)8(13(9)10)14(11)12/h1-3,13-14H. The van der Waals surface area contributed by atoms with Crippen LogP contribution < -0.4 is 3.71 Å². The van der Waals surface area contributed by atoms with Crippen LogP contribution in [-0.4, -0.2) is 21.8 Å². The summed E-state index contributed by atoms with van der Waals surface area (Å²) in [5, 5.41) is 0.288. The van der Waals surface area contributed by atoms with Gasteiger partial charge in [-0.05, 0) is 12.1 Å². The maximum Gasteiger partial charge on any atom is 0.239 e. The number of pyridine rings is 1. The third-order valence-corrected chi connectivity index (χ3v) is 3.35. The molecular weight excluding hydrogens is 252 g/mol. The second-order valence-electron chi connectivity index (χ2n) is 2.10. The van der Waals surface area contributed by atoms with Gasteiger partial charge in [-0.1, -0.05) is 11.6 Å². The van der Waals surface area contributed by atoms with Gasteiger partial charge in [-0.3, -0.25) is 0 Å². The lowest BCUT2D eigenvalue weighted by Gasteiger charge is -2.07. The van der Waals surface area contributed by atoms with Crippen LogP contribution in [0.25, 0.3) is 0 Å². The lowest BCUT2D eigenvalue weighted by molar-refractivity contribution is 0.604. The van der Waals surface area contributed by atoms with Crippen LogP contribution in [0.5, 0.6) is 0 Å². The van der Waals surface area contributed by atoms with Crippen LogP contribution >= 0.6 is 11.6 Å². The Morgan fingerprint density at radius 3 is 2.07 bits per heavy atom. The summed E-state index contributed by atoms with van der Waals surface area (Å²) in [7, 11) is -6.52. The highest BCUT2D eigenvalue weighted by atomic mass is 35.5. The van der Waals surface area contributed by atoms with Gasteiger partial charge < -0.3 is 0 Å². The van der Waals surface area contributed by atoms with E-state index in [1.165, 1.54) is 12.1 Å². The van der Waals surface area contributed by atoms with E-state index < -0.39 is 21.8 Å². The van der Waals surface area contributed by atoms with Gasteiger partial charge in [-0.2, -0.15) is 3.71 Å². The van der Waals surface area contributed by atoms with Crippen molar-refractivity contribution < 1.29 is 16.8 Å².